The van der Waals surface area contributed by atoms with E-state index in [2.05, 4.69) is 11.5 Å². The minimum atomic E-state index is -0.0750. The van der Waals surface area contributed by atoms with E-state index in [1.165, 1.54) is 0 Å². The van der Waals surface area contributed by atoms with E-state index in [-0.39, 0.29) is 11.5 Å². The fraction of sp³-hybridized carbons (Fsp3) is 0.250. The molecule has 0 aliphatic heterocycles. The lowest BCUT2D eigenvalue weighted by molar-refractivity contribution is -0.698. The highest BCUT2D eigenvalue weighted by atomic mass is 16.3. The standard InChI is InChI=1S/C12H13NO2/c1-3-13-7-10-6-12(15)11(14)5-9(10)4-8(13)2/h4-7,15H,3H2,1-2H3/p+1. The fourth-order valence-corrected chi connectivity index (χ4v) is 1.76. The normalized spacial score (nSPS) is 10.8. The maximum absolute atomic E-state index is 9.39. The lowest BCUT2D eigenvalue weighted by Gasteiger charge is -2.03. The van der Waals surface area contributed by atoms with Crippen LogP contribution in [0.15, 0.2) is 24.4 Å². The minimum absolute atomic E-state index is 0.0730. The molecule has 0 saturated carbocycles. The topological polar surface area (TPSA) is 44.3 Å². The summed E-state index contributed by atoms with van der Waals surface area (Å²) in [5, 5.41) is 20.6. The van der Waals surface area contributed by atoms with Gasteiger partial charge in [0.15, 0.2) is 23.4 Å². The lowest BCUT2D eigenvalue weighted by Crippen LogP contribution is -2.35. The molecule has 0 aliphatic rings. The zero-order valence-corrected chi connectivity index (χ0v) is 8.86. The van der Waals surface area contributed by atoms with E-state index < -0.39 is 0 Å². The van der Waals surface area contributed by atoms with Crippen LogP contribution in [0.4, 0.5) is 0 Å². The van der Waals surface area contributed by atoms with Gasteiger partial charge in [-0.05, 0) is 24.4 Å². The molecule has 0 bridgehead atoms. The molecule has 1 aromatic heterocycles. The molecule has 0 amide bonds. The van der Waals surface area contributed by atoms with Crippen molar-refractivity contribution in [1.82, 2.24) is 0 Å². The summed E-state index contributed by atoms with van der Waals surface area (Å²) in [5.41, 5.74) is 1.13. The Morgan fingerprint density at radius 3 is 2.27 bits per heavy atom. The van der Waals surface area contributed by atoms with Crippen molar-refractivity contribution in [2.45, 2.75) is 20.4 Å². The molecule has 2 N–H and O–H groups in total. The number of aryl methyl sites for hydroxylation is 2. The maximum atomic E-state index is 9.39. The highest BCUT2D eigenvalue weighted by Crippen LogP contribution is 2.29. The van der Waals surface area contributed by atoms with Crippen LogP contribution >= 0.6 is 0 Å². The van der Waals surface area contributed by atoms with Gasteiger partial charge in [0.2, 0.25) is 0 Å². The number of rotatable bonds is 1. The SMILES string of the molecule is CC[n+]1cc2cc(O)c(O)cc2cc1C. The second kappa shape index (κ2) is 3.42. The van der Waals surface area contributed by atoms with E-state index in [0.717, 1.165) is 23.0 Å². The van der Waals surface area contributed by atoms with Gasteiger partial charge in [0.1, 0.15) is 6.54 Å². The van der Waals surface area contributed by atoms with Crippen molar-refractivity contribution in [2.75, 3.05) is 0 Å². The van der Waals surface area contributed by atoms with Crippen molar-refractivity contribution in [1.29, 1.82) is 0 Å². The molecule has 0 aliphatic carbocycles. The second-order valence-corrected chi connectivity index (χ2v) is 3.67. The van der Waals surface area contributed by atoms with Gasteiger partial charge in [-0.2, -0.15) is 0 Å². The van der Waals surface area contributed by atoms with Crippen LogP contribution in [0.2, 0.25) is 0 Å². The molecule has 0 atom stereocenters. The Morgan fingerprint density at radius 2 is 1.67 bits per heavy atom. The van der Waals surface area contributed by atoms with Crippen LogP contribution in [-0.2, 0) is 6.54 Å². The van der Waals surface area contributed by atoms with E-state index in [1.807, 2.05) is 19.2 Å². The van der Waals surface area contributed by atoms with Crippen LogP contribution in [0.1, 0.15) is 12.6 Å². The zero-order chi connectivity index (χ0) is 11.0. The molecule has 15 heavy (non-hydrogen) atoms. The Morgan fingerprint density at radius 1 is 1.07 bits per heavy atom. The second-order valence-electron chi connectivity index (χ2n) is 3.67. The van der Waals surface area contributed by atoms with E-state index in [4.69, 9.17) is 0 Å². The first-order valence-electron chi connectivity index (χ1n) is 4.97. The quantitative estimate of drug-likeness (QED) is 0.550. The maximum Gasteiger partial charge on any atom is 0.178 e. The molecule has 3 nitrogen and oxygen atoms in total. The number of hydrogen-bond donors (Lipinski definition) is 2. The van der Waals surface area contributed by atoms with Gasteiger partial charge in [-0.25, -0.2) is 4.57 Å². The summed E-state index contributed by atoms with van der Waals surface area (Å²) in [5.74, 6) is -0.148. The van der Waals surface area contributed by atoms with Crippen molar-refractivity contribution in [3.05, 3.63) is 30.1 Å². The monoisotopic (exact) mass is 204 g/mol. The molecular weight excluding hydrogens is 190 g/mol. The van der Waals surface area contributed by atoms with E-state index in [9.17, 15) is 10.2 Å². The summed E-state index contributed by atoms with van der Waals surface area (Å²) in [6.07, 6.45) is 1.98. The third-order valence-corrected chi connectivity index (χ3v) is 2.63. The predicted octanol–water partition coefficient (Wildman–Crippen LogP) is 1.87. The summed E-state index contributed by atoms with van der Waals surface area (Å²) in [7, 11) is 0. The molecule has 3 heteroatoms. The van der Waals surface area contributed by atoms with Gasteiger partial charge in [-0.1, -0.05) is 0 Å². The number of aromatic hydroxyl groups is 2. The van der Waals surface area contributed by atoms with Crippen LogP contribution in [0.5, 0.6) is 11.5 Å². The minimum Gasteiger partial charge on any atom is -0.504 e. The molecule has 2 rings (SSSR count). The summed E-state index contributed by atoms with van der Waals surface area (Å²) >= 11 is 0. The molecule has 2 aromatic rings. The van der Waals surface area contributed by atoms with Gasteiger partial charge >= 0.3 is 0 Å². The Labute approximate surface area is 88.2 Å². The van der Waals surface area contributed by atoms with Crippen molar-refractivity contribution in [3.8, 4) is 11.5 Å². The lowest BCUT2D eigenvalue weighted by atomic mass is 10.1. The van der Waals surface area contributed by atoms with Crippen LogP contribution in [0.3, 0.4) is 0 Å². The van der Waals surface area contributed by atoms with E-state index >= 15 is 0 Å². The molecule has 0 radical (unpaired) electrons. The van der Waals surface area contributed by atoms with Gasteiger partial charge in [0.05, 0.1) is 0 Å². The first-order chi connectivity index (χ1) is 7.11. The molecule has 0 saturated heterocycles. The number of phenols is 2. The number of fused-ring (bicyclic) bond motifs is 1. The molecule has 1 aromatic carbocycles. The molecule has 0 spiro atoms. The van der Waals surface area contributed by atoms with Gasteiger partial charge in [-0.3, -0.25) is 0 Å². The van der Waals surface area contributed by atoms with Crippen molar-refractivity contribution >= 4 is 10.8 Å². The van der Waals surface area contributed by atoms with Crippen LogP contribution < -0.4 is 4.57 Å². The van der Waals surface area contributed by atoms with Crippen molar-refractivity contribution in [2.24, 2.45) is 0 Å². The summed E-state index contributed by atoms with van der Waals surface area (Å²) < 4.78 is 2.10. The Balaban J connectivity index is 2.76. The first kappa shape index (κ1) is 9.77. The molecular formula is C12H14NO2+. The number of phenolic OH excluding ortho intramolecular Hbond substituents is 2. The average Bonchev–Trinajstić information content (AvgIpc) is 2.20. The van der Waals surface area contributed by atoms with Gasteiger partial charge in [0, 0.05) is 18.4 Å². The highest BCUT2D eigenvalue weighted by molar-refractivity contribution is 5.84. The molecule has 78 valence electrons. The summed E-state index contributed by atoms with van der Waals surface area (Å²) in [6.45, 7) is 4.98. The number of nitrogens with zero attached hydrogens (tertiary/aromatic N) is 1. The van der Waals surface area contributed by atoms with Gasteiger partial charge in [0.25, 0.3) is 0 Å². The van der Waals surface area contributed by atoms with Gasteiger partial charge < -0.3 is 10.2 Å². The van der Waals surface area contributed by atoms with Crippen LogP contribution in [-0.4, -0.2) is 10.2 Å². The number of pyridine rings is 1. The van der Waals surface area contributed by atoms with Crippen molar-refractivity contribution < 1.29 is 14.8 Å². The molecule has 0 unspecified atom stereocenters. The summed E-state index contributed by atoms with van der Waals surface area (Å²) in [6, 6.07) is 5.16. The zero-order valence-electron chi connectivity index (χ0n) is 8.86. The Kier molecular flexibility index (Phi) is 2.23. The van der Waals surface area contributed by atoms with Crippen molar-refractivity contribution in [3.63, 3.8) is 0 Å². The number of aromatic nitrogens is 1. The van der Waals surface area contributed by atoms with E-state index in [0.29, 0.717) is 0 Å². The van der Waals surface area contributed by atoms with E-state index in [1.54, 1.807) is 12.1 Å². The Bertz CT molecular complexity index is 521. The highest BCUT2D eigenvalue weighted by Gasteiger charge is 2.09. The van der Waals surface area contributed by atoms with Gasteiger partial charge in [-0.15, -0.1) is 0 Å². The molecule has 1 heterocycles. The first-order valence-corrected chi connectivity index (χ1v) is 4.97. The predicted molar refractivity (Wildman–Crippen MR) is 57.9 cm³/mol. The molecule has 0 fully saturated rings. The number of benzene rings is 1. The largest absolute Gasteiger partial charge is 0.504 e. The smallest absolute Gasteiger partial charge is 0.178 e. The van der Waals surface area contributed by atoms with Crippen LogP contribution in [0, 0.1) is 6.92 Å². The Hall–Kier alpha value is -1.77. The van der Waals surface area contributed by atoms with Crippen LogP contribution in [0.25, 0.3) is 10.8 Å². The third kappa shape index (κ3) is 1.61. The number of hydrogen-bond acceptors (Lipinski definition) is 2. The third-order valence-electron chi connectivity index (χ3n) is 2.63. The summed E-state index contributed by atoms with van der Waals surface area (Å²) in [4.78, 5) is 0. The average molecular weight is 204 g/mol. The fourth-order valence-electron chi connectivity index (χ4n) is 1.76.